The molecule has 1 aromatic heterocycles. The fourth-order valence-electron chi connectivity index (χ4n) is 2.58. The van der Waals surface area contributed by atoms with Crippen molar-refractivity contribution in [1.29, 1.82) is 0 Å². The molecule has 1 amide bonds. The van der Waals surface area contributed by atoms with E-state index in [1.807, 2.05) is 0 Å². The summed E-state index contributed by atoms with van der Waals surface area (Å²) in [6.07, 6.45) is 5.14. The summed E-state index contributed by atoms with van der Waals surface area (Å²) >= 11 is 0. The Morgan fingerprint density at radius 1 is 1.61 bits per heavy atom. The minimum Gasteiger partial charge on any atom is -0.397 e. The van der Waals surface area contributed by atoms with Crippen molar-refractivity contribution in [3.8, 4) is 0 Å². The molecule has 1 saturated heterocycles. The Balaban J connectivity index is 2.21. The second-order valence-electron chi connectivity index (χ2n) is 4.89. The summed E-state index contributed by atoms with van der Waals surface area (Å²) in [6, 6.07) is 1.61. The van der Waals surface area contributed by atoms with Gasteiger partial charge in [-0.1, -0.05) is 13.3 Å². The molecule has 4 N–H and O–H groups in total. The van der Waals surface area contributed by atoms with Crippen LogP contribution in [0.2, 0.25) is 0 Å². The molecule has 0 radical (unpaired) electrons. The lowest BCUT2D eigenvalue weighted by atomic mass is 10.0. The number of rotatable bonds is 4. The summed E-state index contributed by atoms with van der Waals surface area (Å²) in [5.41, 5.74) is 11.9. The quantitative estimate of drug-likeness (QED) is 0.843. The number of carbonyl (C=O) groups excluding carboxylic acids is 1. The number of anilines is 2. The Kier molecular flexibility index (Phi) is 3.69. The molecule has 5 heteroatoms. The highest BCUT2D eigenvalue weighted by molar-refractivity contribution is 5.98. The van der Waals surface area contributed by atoms with Gasteiger partial charge in [-0.15, -0.1) is 0 Å². The van der Waals surface area contributed by atoms with E-state index in [0.717, 1.165) is 19.5 Å². The smallest absolute Gasteiger partial charge is 0.252 e. The molecule has 1 aliphatic heterocycles. The van der Waals surface area contributed by atoms with Crippen LogP contribution in [0.3, 0.4) is 0 Å². The molecular weight excluding hydrogens is 228 g/mol. The monoisotopic (exact) mass is 248 g/mol. The largest absolute Gasteiger partial charge is 0.397 e. The molecule has 1 atom stereocenters. The number of nitrogen functional groups attached to an aromatic ring is 1. The molecule has 2 heterocycles. The zero-order chi connectivity index (χ0) is 13.1. The molecule has 0 aliphatic carbocycles. The first-order valence-electron chi connectivity index (χ1n) is 6.42. The van der Waals surface area contributed by atoms with Gasteiger partial charge in [0.15, 0.2) is 0 Å². The highest BCUT2D eigenvalue weighted by Crippen LogP contribution is 2.28. The minimum atomic E-state index is -0.469. The lowest BCUT2D eigenvalue weighted by molar-refractivity contribution is 0.100. The van der Waals surface area contributed by atoms with Gasteiger partial charge in [-0.05, 0) is 24.8 Å². The lowest BCUT2D eigenvalue weighted by Gasteiger charge is -2.19. The normalized spacial score (nSPS) is 19.2. The first-order valence-corrected chi connectivity index (χ1v) is 6.42. The van der Waals surface area contributed by atoms with Gasteiger partial charge in [0.1, 0.15) is 5.82 Å². The van der Waals surface area contributed by atoms with Gasteiger partial charge < -0.3 is 16.4 Å². The van der Waals surface area contributed by atoms with Crippen molar-refractivity contribution in [2.45, 2.75) is 26.2 Å². The Morgan fingerprint density at radius 3 is 3.06 bits per heavy atom. The highest BCUT2D eigenvalue weighted by Gasteiger charge is 2.25. The number of pyridine rings is 1. The van der Waals surface area contributed by atoms with Crippen LogP contribution in [-0.2, 0) is 0 Å². The highest BCUT2D eigenvalue weighted by atomic mass is 16.1. The molecule has 1 fully saturated rings. The Bertz CT molecular complexity index is 447. The summed E-state index contributed by atoms with van der Waals surface area (Å²) in [5, 5.41) is 0. The fraction of sp³-hybridized carbons (Fsp3) is 0.538. The number of amides is 1. The summed E-state index contributed by atoms with van der Waals surface area (Å²) < 4.78 is 0. The van der Waals surface area contributed by atoms with Gasteiger partial charge in [0.2, 0.25) is 0 Å². The maximum Gasteiger partial charge on any atom is 0.252 e. The van der Waals surface area contributed by atoms with Gasteiger partial charge in [0.05, 0.1) is 17.4 Å². The van der Waals surface area contributed by atoms with Crippen LogP contribution in [0, 0.1) is 5.92 Å². The Hall–Kier alpha value is -1.78. The summed E-state index contributed by atoms with van der Waals surface area (Å²) in [5.74, 6) is 0.897. The number of primary amides is 1. The molecule has 18 heavy (non-hydrogen) atoms. The number of nitrogens with zero attached hydrogens (tertiary/aromatic N) is 2. The van der Waals surface area contributed by atoms with Crippen LogP contribution < -0.4 is 16.4 Å². The molecule has 0 bridgehead atoms. The number of hydrogen-bond acceptors (Lipinski definition) is 4. The van der Waals surface area contributed by atoms with Gasteiger partial charge in [-0.2, -0.15) is 0 Å². The SMILES string of the molecule is CCCC1CCN(c2ncc(N)cc2C(N)=O)C1. The van der Waals surface area contributed by atoms with Crippen LogP contribution in [0.4, 0.5) is 11.5 Å². The van der Waals surface area contributed by atoms with Gasteiger partial charge in [0.25, 0.3) is 5.91 Å². The van der Waals surface area contributed by atoms with Crippen LogP contribution in [0.15, 0.2) is 12.3 Å². The van der Waals surface area contributed by atoms with E-state index in [1.165, 1.54) is 12.8 Å². The topological polar surface area (TPSA) is 85.2 Å². The molecule has 5 nitrogen and oxygen atoms in total. The third-order valence-electron chi connectivity index (χ3n) is 3.44. The van der Waals surface area contributed by atoms with E-state index in [-0.39, 0.29) is 0 Å². The van der Waals surface area contributed by atoms with Crippen molar-refractivity contribution < 1.29 is 4.79 Å². The van der Waals surface area contributed by atoms with Gasteiger partial charge in [0, 0.05) is 13.1 Å². The van der Waals surface area contributed by atoms with Crippen molar-refractivity contribution in [3.63, 3.8) is 0 Å². The molecule has 2 rings (SSSR count). The van der Waals surface area contributed by atoms with Crippen molar-refractivity contribution >= 4 is 17.4 Å². The van der Waals surface area contributed by atoms with Gasteiger partial charge >= 0.3 is 0 Å². The second kappa shape index (κ2) is 5.25. The maximum atomic E-state index is 11.4. The minimum absolute atomic E-state index is 0.423. The van der Waals surface area contributed by atoms with Crippen LogP contribution in [-0.4, -0.2) is 24.0 Å². The van der Waals surface area contributed by atoms with E-state index >= 15 is 0 Å². The van der Waals surface area contributed by atoms with Crippen molar-refractivity contribution in [2.24, 2.45) is 11.7 Å². The fourth-order valence-corrected chi connectivity index (χ4v) is 2.58. The van der Waals surface area contributed by atoms with Crippen LogP contribution in [0.1, 0.15) is 36.5 Å². The molecular formula is C13H20N4O. The third-order valence-corrected chi connectivity index (χ3v) is 3.44. The predicted molar refractivity (Wildman–Crippen MR) is 72.4 cm³/mol. The molecule has 98 valence electrons. The van der Waals surface area contributed by atoms with Crippen molar-refractivity contribution in [1.82, 2.24) is 4.98 Å². The Labute approximate surface area is 107 Å². The van der Waals surface area contributed by atoms with Crippen LogP contribution in [0.5, 0.6) is 0 Å². The van der Waals surface area contributed by atoms with Gasteiger partial charge in [-0.3, -0.25) is 4.79 Å². The molecule has 0 aromatic carbocycles. The summed E-state index contributed by atoms with van der Waals surface area (Å²) in [6.45, 7) is 4.08. The second-order valence-corrected chi connectivity index (χ2v) is 4.89. The van der Waals surface area contributed by atoms with E-state index in [0.29, 0.717) is 23.0 Å². The lowest BCUT2D eigenvalue weighted by Crippen LogP contribution is -2.25. The van der Waals surface area contributed by atoms with E-state index in [4.69, 9.17) is 11.5 Å². The summed E-state index contributed by atoms with van der Waals surface area (Å²) in [7, 11) is 0. The number of nitrogens with two attached hydrogens (primary N) is 2. The van der Waals surface area contributed by atoms with Crippen molar-refractivity contribution in [3.05, 3.63) is 17.8 Å². The first kappa shape index (κ1) is 12.7. The van der Waals surface area contributed by atoms with E-state index in [9.17, 15) is 4.79 Å². The number of hydrogen-bond donors (Lipinski definition) is 2. The first-order chi connectivity index (χ1) is 8.61. The third kappa shape index (κ3) is 2.55. The van der Waals surface area contributed by atoms with Crippen LogP contribution in [0.25, 0.3) is 0 Å². The Morgan fingerprint density at radius 2 is 2.39 bits per heavy atom. The molecule has 0 saturated carbocycles. The number of aromatic nitrogens is 1. The van der Waals surface area contributed by atoms with E-state index in [2.05, 4.69) is 16.8 Å². The van der Waals surface area contributed by atoms with Crippen molar-refractivity contribution in [2.75, 3.05) is 23.7 Å². The molecule has 1 aromatic rings. The average Bonchev–Trinajstić information content (AvgIpc) is 2.78. The zero-order valence-corrected chi connectivity index (χ0v) is 10.7. The van der Waals surface area contributed by atoms with E-state index < -0.39 is 5.91 Å². The van der Waals surface area contributed by atoms with E-state index in [1.54, 1.807) is 12.3 Å². The summed E-state index contributed by atoms with van der Waals surface area (Å²) in [4.78, 5) is 17.9. The standard InChI is InChI=1S/C13H20N4O/c1-2-3-9-4-5-17(8-9)13-11(12(15)18)6-10(14)7-16-13/h6-7,9H,2-5,8,14H2,1H3,(H2,15,18). The number of carbonyl (C=O) groups is 1. The molecule has 1 aliphatic rings. The van der Waals surface area contributed by atoms with Crippen LogP contribution >= 0.6 is 0 Å². The molecule has 0 spiro atoms. The predicted octanol–water partition coefficient (Wildman–Crippen LogP) is 1.39. The van der Waals surface area contributed by atoms with Gasteiger partial charge in [-0.25, -0.2) is 4.98 Å². The average molecular weight is 248 g/mol. The molecule has 1 unspecified atom stereocenters. The maximum absolute atomic E-state index is 11.4. The zero-order valence-electron chi connectivity index (χ0n) is 10.7.